The lowest BCUT2D eigenvalue weighted by Gasteiger charge is -2.02. The van der Waals surface area contributed by atoms with Gasteiger partial charge in [-0.15, -0.1) is 0 Å². The summed E-state index contributed by atoms with van der Waals surface area (Å²) in [6, 6.07) is 14.5. The molecule has 2 aromatic rings. The molecule has 0 fully saturated rings. The average Bonchev–Trinajstić information content (AvgIpc) is 2.48. The van der Waals surface area contributed by atoms with E-state index in [1.807, 2.05) is 25.1 Å². The van der Waals surface area contributed by atoms with Crippen molar-refractivity contribution in [2.45, 2.75) is 6.92 Å². The Morgan fingerprint density at radius 3 is 2.40 bits per heavy atom. The van der Waals surface area contributed by atoms with E-state index in [-0.39, 0.29) is 0 Å². The maximum Gasteiger partial charge on any atom is 0.390 e. The van der Waals surface area contributed by atoms with Crippen LogP contribution in [0.5, 0.6) is 11.5 Å². The number of aryl methyl sites for hydroxylation is 1. The normalized spacial score (nSPS) is 9.30. The molecule has 20 heavy (non-hydrogen) atoms. The van der Waals surface area contributed by atoms with Crippen LogP contribution in [0.1, 0.15) is 11.1 Å². The predicted octanol–water partition coefficient (Wildman–Crippen LogP) is 2.96. The third-order valence-corrected chi connectivity index (χ3v) is 2.70. The van der Waals surface area contributed by atoms with Crippen molar-refractivity contribution in [2.75, 3.05) is 7.11 Å². The van der Waals surface area contributed by atoms with E-state index < -0.39 is 5.97 Å². The summed E-state index contributed by atoms with van der Waals surface area (Å²) < 4.78 is 10.2. The highest BCUT2D eigenvalue weighted by Gasteiger charge is 2.02. The molecule has 0 radical (unpaired) electrons. The van der Waals surface area contributed by atoms with Crippen molar-refractivity contribution in [3.63, 3.8) is 0 Å². The molecule has 0 atom stereocenters. The molecule has 0 amide bonds. The van der Waals surface area contributed by atoms with Gasteiger partial charge in [0.2, 0.25) is 0 Å². The molecule has 0 spiro atoms. The molecule has 0 heterocycles. The van der Waals surface area contributed by atoms with Gasteiger partial charge in [-0.1, -0.05) is 24.1 Å². The summed E-state index contributed by atoms with van der Waals surface area (Å²) >= 11 is 0. The lowest BCUT2D eigenvalue weighted by molar-refractivity contribution is -0.128. The Labute approximate surface area is 118 Å². The van der Waals surface area contributed by atoms with E-state index in [0.717, 1.165) is 16.9 Å². The Balaban J connectivity index is 2.05. The van der Waals surface area contributed by atoms with Crippen molar-refractivity contribution in [1.82, 2.24) is 0 Å². The van der Waals surface area contributed by atoms with Gasteiger partial charge in [0.15, 0.2) is 0 Å². The van der Waals surface area contributed by atoms with E-state index in [2.05, 4.69) is 11.8 Å². The number of benzene rings is 2. The molecule has 2 aromatic carbocycles. The fraction of sp³-hybridized carbons (Fsp3) is 0.118. The number of hydrogen-bond donors (Lipinski definition) is 0. The van der Waals surface area contributed by atoms with Crippen LogP contribution in [0.4, 0.5) is 0 Å². The largest absolute Gasteiger partial charge is 0.497 e. The second kappa shape index (κ2) is 6.44. The molecule has 3 heteroatoms. The topological polar surface area (TPSA) is 35.5 Å². The Hall–Kier alpha value is -2.73. The number of carbonyl (C=O) groups is 1. The van der Waals surface area contributed by atoms with Crippen LogP contribution in [0.25, 0.3) is 0 Å². The number of hydrogen-bond acceptors (Lipinski definition) is 3. The van der Waals surface area contributed by atoms with Crippen molar-refractivity contribution in [1.29, 1.82) is 0 Å². The summed E-state index contributed by atoms with van der Waals surface area (Å²) in [6.07, 6.45) is 0. The Kier molecular flexibility index (Phi) is 4.41. The molecular weight excluding hydrogens is 252 g/mol. The molecule has 2 rings (SSSR count). The van der Waals surface area contributed by atoms with Crippen molar-refractivity contribution >= 4 is 5.97 Å². The minimum atomic E-state index is -0.574. The van der Waals surface area contributed by atoms with E-state index in [1.165, 1.54) is 0 Å². The molecule has 0 saturated heterocycles. The van der Waals surface area contributed by atoms with Gasteiger partial charge < -0.3 is 9.47 Å². The molecule has 0 aliphatic heterocycles. The zero-order chi connectivity index (χ0) is 14.4. The minimum Gasteiger partial charge on any atom is -0.497 e. The zero-order valence-electron chi connectivity index (χ0n) is 11.3. The molecule has 0 N–H and O–H groups in total. The number of ether oxygens (including phenoxy) is 2. The monoisotopic (exact) mass is 266 g/mol. The maximum atomic E-state index is 11.6. The number of carbonyl (C=O) groups excluding carboxylic acids is 1. The minimum absolute atomic E-state index is 0.529. The summed E-state index contributed by atoms with van der Waals surface area (Å²) in [7, 11) is 1.60. The lowest BCUT2D eigenvalue weighted by Crippen LogP contribution is -2.05. The highest BCUT2D eigenvalue weighted by Crippen LogP contribution is 2.16. The van der Waals surface area contributed by atoms with E-state index in [1.54, 1.807) is 37.4 Å². The van der Waals surface area contributed by atoms with Gasteiger partial charge in [-0.3, -0.25) is 0 Å². The second-order valence-corrected chi connectivity index (χ2v) is 4.13. The standard InChI is InChI=1S/C17H14O3/c1-13-5-3-4-6-16(13)20-17(18)12-9-14-7-10-15(19-2)11-8-14/h3-8,10-11H,1-2H3. The Bertz CT molecular complexity index is 661. The molecule has 100 valence electrons. The quantitative estimate of drug-likeness (QED) is 0.476. The van der Waals surface area contributed by atoms with Crippen LogP contribution in [0, 0.1) is 18.8 Å². The molecular formula is C17H14O3. The third-order valence-electron chi connectivity index (χ3n) is 2.70. The first-order chi connectivity index (χ1) is 9.69. The summed E-state index contributed by atoms with van der Waals surface area (Å²) in [5, 5.41) is 0. The smallest absolute Gasteiger partial charge is 0.390 e. The van der Waals surface area contributed by atoms with Crippen molar-refractivity contribution in [3.05, 3.63) is 59.7 Å². The van der Waals surface area contributed by atoms with E-state index in [0.29, 0.717) is 5.75 Å². The SMILES string of the molecule is COc1ccc(C#CC(=O)Oc2ccccc2C)cc1. The second-order valence-electron chi connectivity index (χ2n) is 4.13. The van der Waals surface area contributed by atoms with Crippen LogP contribution in [-0.2, 0) is 4.79 Å². The summed E-state index contributed by atoms with van der Waals surface area (Å²) in [4.78, 5) is 11.6. The van der Waals surface area contributed by atoms with Gasteiger partial charge in [-0.25, -0.2) is 4.79 Å². The summed E-state index contributed by atoms with van der Waals surface area (Å²) in [5.41, 5.74) is 1.62. The van der Waals surface area contributed by atoms with E-state index >= 15 is 0 Å². The highest BCUT2D eigenvalue weighted by atomic mass is 16.5. The Morgan fingerprint density at radius 1 is 1.05 bits per heavy atom. The van der Waals surface area contributed by atoms with Gasteiger partial charge in [0.05, 0.1) is 7.11 Å². The van der Waals surface area contributed by atoms with Crippen molar-refractivity contribution in [2.24, 2.45) is 0 Å². The fourth-order valence-corrected chi connectivity index (χ4v) is 1.59. The van der Waals surface area contributed by atoms with Crippen LogP contribution in [0.3, 0.4) is 0 Å². The number of para-hydroxylation sites is 1. The number of methoxy groups -OCH3 is 1. The summed E-state index contributed by atoms with van der Waals surface area (Å²) in [5.74, 6) is 5.92. The van der Waals surface area contributed by atoms with Crippen LogP contribution < -0.4 is 9.47 Å². The molecule has 0 aromatic heterocycles. The van der Waals surface area contributed by atoms with E-state index in [9.17, 15) is 4.79 Å². The van der Waals surface area contributed by atoms with Gasteiger partial charge in [-0.2, -0.15) is 0 Å². The molecule has 0 saturated carbocycles. The van der Waals surface area contributed by atoms with Crippen LogP contribution in [-0.4, -0.2) is 13.1 Å². The third kappa shape index (κ3) is 3.63. The van der Waals surface area contributed by atoms with Gasteiger partial charge in [-0.05, 0) is 42.8 Å². The van der Waals surface area contributed by atoms with Crippen LogP contribution in [0.15, 0.2) is 48.5 Å². The maximum absolute atomic E-state index is 11.6. The van der Waals surface area contributed by atoms with Crippen LogP contribution >= 0.6 is 0 Å². The first-order valence-electron chi connectivity index (χ1n) is 6.12. The van der Waals surface area contributed by atoms with Crippen LogP contribution in [0.2, 0.25) is 0 Å². The molecule has 0 aliphatic carbocycles. The number of rotatable bonds is 2. The van der Waals surface area contributed by atoms with Gasteiger partial charge in [0.25, 0.3) is 0 Å². The molecule has 0 bridgehead atoms. The lowest BCUT2D eigenvalue weighted by atomic mass is 10.2. The highest BCUT2D eigenvalue weighted by molar-refractivity contribution is 5.91. The summed E-state index contributed by atoms with van der Waals surface area (Å²) in [6.45, 7) is 1.87. The van der Waals surface area contributed by atoms with Crippen molar-refractivity contribution in [3.8, 4) is 23.3 Å². The van der Waals surface area contributed by atoms with Crippen molar-refractivity contribution < 1.29 is 14.3 Å². The predicted molar refractivity (Wildman–Crippen MR) is 76.7 cm³/mol. The average molecular weight is 266 g/mol. The Morgan fingerprint density at radius 2 is 1.75 bits per heavy atom. The molecule has 0 unspecified atom stereocenters. The molecule has 3 nitrogen and oxygen atoms in total. The fourth-order valence-electron chi connectivity index (χ4n) is 1.59. The van der Waals surface area contributed by atoms with Gasteiger partial charge in [0, 0.05) is 11.5 Å². The van der Waals surface area contributed by atoms with E-state index in [4.69, 9.17) is 9.47 Å². The number of esters is 1. The first kappa shape index (κ1) is 13.7. The zero-order valence-corrected chi connectivity index (χ0v) is 11.3. The molecule has 0 aliphatic rings. The van der Waals surface area contributed by atoms with Gasteiger partial charge in [0.1, 0.15) is 11.5 Å². The van der Waals surface area contributed by atoms with Gasteiger partial charge >= 0.3 is 5.97 Å². The first-order valence-corrected chi connectivity index (χ1v) is 6.12.